The molecule has 0 saturated heterocycles. The van der Waals surface area contributed by atoms with E-state index in [4.69, 9.17) is 22.4 Å². The summed E-state index contributed by atoms with van der Waals surface area (Å²) in [5.74, 6) is -1.24. The third-order valence-corrected chi connectivity index (χ3v) is 2.97. The Hall–Kier alpha value is -2.53. The van der Waals surface area contributed by atoms with Crippen LogP contribution in [0.5, 0.6) is 0 Å². The molecule has 0 spiro atoms. The number of nitrogens with two attached hydrogens (primary N) is 1. The minimum absolute atomic E-state index is 0.0565. The number of halogens is 1. The maximum atomic E-state index is 12.1. The maximum Gasteiger partial charge on any atom is 0.307 e. The molecule has 4 N–H and O–H groups in total. The molecule has 21 heavy (non-hydrogen) atoms. The Kier molecular flexibility index (Phi) is 4.45. The predicted molar refractivity (Wildman–Crippen MR) is 81.6 cm³/mol. The van der Waals surface area contributed by atoms with Crippen LogP contribution in [0.15, 0.2) is 42.5 Å². The van der Waals surface area contributed by atoms with Gasteiger partial charge in [0, 0.05) is 22.0 Å². The summed E-state index contributed by atoms with van der Waals surface area (Å²) in [6, 6.07) is 11.2. The summed E-state index contributed by atoms with van der Waals surface area (Å²) in [5.41, 5.74) is 7.62. The van der Waals surface area contributed by atoms with Gasteiger partial charge in [-0.3, -0.25) is 9.59 Å². The number of carboxylic acids is 1. The predicted octanol–water partition coefficient (Wildman–Crippen LogP) is 2.80. The Labute approximate surface area is 126 Å². The first-order valence-electron chi connectivity index (χ1n) is 6.12. The molecule has 1 amide bonds. The van der Waals surface area contributed by atoms with Crippen LogP contribution in [-0.2, 0) is 11.2 Å². The van der Waals surface area contributed by atoms with Gasteiger partial charge in [0.25, 0.3) is 5.91 Å². The van der Waals surface area contributed by atoms with Gasteiger partial charge in [-0.2, -0.15) is 0 Å². The van der Waals surface area contributed by atoms with Gasteiger partial charge in [0.15, 0.2) is 0 Å². The summed E-state index contributed by atoms with van der Waals surface area (Å²) in [6.45, 7) is 0. The van der Waals surface area contributed by atoms with Gasteiger partial charge in [-0.05, 0) is 35.9 Å². The summed E-state index contributed by atoms with van der Waals surface area (Å²) in [4.78, 5) is 22.6. The third-order valence-electron chi connectivity index (χ3n) is 2.75. The molecule has 0 unspecified atom stereocenters. The number of nitrogens with one attached hydrogen (secondary N) is 1. The molecular formula is C15H13ClN2O3. The number of aliphatic carboxylic acids is 1. The van der Waals surface area contributed by atoms with Crippen LogP contribution in [0.4, 0.5) is 11.4 Å². The number of rotatable bonds is 4. The lowest BCUT2D eigenvalue weighted by Gasteiger charge is -2.07. The van der Waals surface area contributed by atoms with E-state index >= 15 is 0 Å². The summed E-state index contributed by atoms with van der Waals surface area (Å²) in [5, 5.41) is 11.8. The molecule has 0 aliphatic heterocycles. The maximum absolute atomic E-state index is 12.1. The smallest absolute Gasteiger partial charge is 0.307 e. The van der Waals surface area contributed by atoms with Gasteiger partial charge in [-0.25, -0.2) is 0 Å². The number of hydrogen-bond donors (Lipinski definition) is 3. The van der Waals surface area contributed by atoms with Crippen LogP contribution in [0.1, 0.15) is 15.9 Å². The van der Waals surface area contributed by atoms with Gasteiger partial charge in [0.2, 0.25) is 0 Å². The SMILES string of the molecule is Nc1cc(Cl)cc(C(=O)Nc2ccc(CC(=O)O)cc2)c1. The fourth-order valence-corrected chi connectivity index (χ4v) is 2.07. The van der Waals surface area contributed by atoms with Crippen LogP contribution in [0.3, 0.4) is 0 Å². The van der Waals surface area contributed by atoms with Crippen LogP contribution in [-0.4, -0.2) is 17.0 Å². The molecule has 0 heterocycles. The summed E-state index contributed by atoms with van der Waals surface area (Å²) in [6.07, 6.45) is -0.0565. The van der Waals surface area contributed by atoms with E-state index in [9.17, 15) is 9.59 Å². The Morgan fingerprint density at radius 1 is 1.14 bits per heavy atom. The topological polar surface area (TPSA) is 92.4 Å². The van der Waals surface area contributed by atoms with Crippen LogP contribution < -0.4 is 11.1 Å². The van der Waals surface area contributed by atoms with Crippen LogP contribution in [0.25, 0.3) is 0 Å². The van der Waals surface area contributed by atoms with Gasteiger partial charge in [-0.15, -0.1) is 0 Å². The standard InChI is InChI=1S/C15H13ClN2O3/c16-11-6-10(7-12(17)8-11)15(21)18-13-3-1-9(2-4-13)5-14(19)20/h1-4,6-8H,5,17H2,(H,18,21)(H,19,20). The molecule has 6 heteroatoms. The number of carbonyl (C=O) groups excluding carboxylic acids is 1. The highest BCUT2D eigenvalue weighted by Gasteiger charge is 2.08. The molecule has 108 valence electrons. The minimum atomic E-state index is -0.902. The van der Waals surface area contributed by atoms with Crippen molar-refractivity contribution in [3.63, 3.8) is 0 Å². The largest absolute Gasteiger partial charge is 0.481 e. The van der Waals surface area contributed by atoms with Crippen molar-refractivity contribution >= 4 is 34.9 Å². The Morgan fingerprint density at radius 2 is 1.81 bits per heavy atom. The van der Waals surface area contributed by atoms with Crippen molar-refractivity contribution in [1.82, 2.24) is 0 Å². The first-order valence-corrected chi connectivity index (χ1v) is 6.50. The number of amides is 1. The minimum Gasteiger partial charge on any atom is -0.481 e. The van der Waals surface area contributed by atoms with Crippen molar-refractivity contribution in [3.05, 3.63) is 58.6 Å². The number of nitrogen functional groups attached to an aromatic ring is 1. The van der Waals surface area contributed by atoms with Gasteiger partial charge < -0.3 is 16.2 Å². The molecule has 0 saturated carbocycles. The third kappa shape index (κ3) is 4.22. The molecule has 2 aromatic carbocycles. The Morgan fingerprint density at radius 3 is 2.38 bits per heavy atom. The Bertz CT molecular complexity index is 664. The van der Waals surface area contributed by atoms with Crippen molar-refractivity contribution in [1.29, 1.82) is 0 Å². The van der Waals surface area contributed by atoms with Crippen molar-refractivity contribution in [2.24, 2.45) is 0 Å². The number of carbonyl (C=O) groups is 2. The second-order valence-electron chi connectivity index (χ2n) is 4.49. The molecule has 0 aliphatic rings. The van der Waals surface area contributed by atoms with Gasteiger partial charge in [0.1, 0.15) is 0 Å². The molecule has 0 bridgehead atoms. The normalized spacial score (nSPS) is 10.1. The molecule has 0 aromatic heterocycles. The van der Waals surface area contributed by atoms with E-state index in [1.165, 1.54) is 12.1 Å². The monoisotopic (exact) mass is 304 g/mol. The molecule has 0 radical (unpaired) electrons. The lowest BCUT2D eigenvalue weighted by atomic mass is 10.1. The number of carboxylic acid groups (broad SMARTS) is 1. The van der Waals surface area contributed by atoms with E-state index in [1.807, 2.05) is 0 Å². The summed E-state index contributed by atoms with van der Waals surface area (Å²) >= 11 is 5.85. The second kappa shape index (κ2) is 6.28. The fourth-order valence-electron chi connectivity index (χ4n) is 1.83. The van der Waals surface area contributed by atoms with E-state index in [-0.39, 0.29) is 12.3 Å². The molecule has 0 fully saturated rings. The van der Waals surface area contributed by atoms with E-state index in [2.05, 4.69) is 5.32 Å². The zero-order chi connectivity index (χ0) is 15.4. The van der Waals surface area contributed by atoms with Crippen molar-refractivity contribution in [2.75, 3.05) is 11.1 Å². The molecular weight excluding hydrogens is 292 g/mol. The average Bonchev–Trinajstić information content (AvgIpc) is 2.39. The Balaban J connectivity index is 2.10. The van der Waals surface area contributed by atoms with E-state index in [1.54, 1.807) is 30.3 Å². The molecule has 0 aliphatic carbocycles. The molecule has 2 aromatic rings. The molecule has 5 nitrogen and oxygen atoms in total. The van der Waals surface area contributed by atoms with Crippen molar-refractivity contribution in [2.45, 2.75) is 6.42 Å². The average molecular weight is 305 g/mol. The summed E-state index contributed by atoms with van der Waals surface area (Å²) < 4.78 is 0. The quantitative estimate of drug-likeness (QED) is 0.757. The first kappa shape index (κ1) is 14.9. The van der Waals surface area contributed by atoms with Crippen molar-refractivity contribution in [3.8, 4) is 0 Å². The second-order valence-corrected chi connectivity index (χ2v) is 4.93. The fraction of sp³-hybridized carbons (Fsp3) is 0.0667. The van der Waals surface area contributed by atoms with Gasteiger partial charge in [0.05, 0.1) is 6.42 Å². The van der Waals surface area contributed by atoms with Gasteiger partial charge >= 0.3 is 5.97 Å². The number of hydrogen-bond acceptors (Lipinski definition) is 3. The van der Waals surface area contributed by atoms with Crippen LogP contribution in [0.2, 0.25) is 5.02 Å². The lowest BCUT2D eigenvalue weighted by molar-refractivity contribution is -0.136. The van der Waals surface area contributed by atoms with E-state index in [0.717, 1.165) is 0 Å². The number of anilines is 2. The molecule has 2 rings (SSSR count). The zero-order valence-corrected chi connectivity index (χ0v) is 11.7. The highest BCUT2D eigenvalue weighted by molar-refractivity contribution is 6.31. The highest BCUT2D eigenvalue weighted by Crippen LogP contribution is 2.18. The van der Waals surface area contributed by atoms with Gasteiger partial charge in [-0.1, -0.05) is 23.7 Å². The van der Waals surface area contributed by atoms with Crippen molar-refractivity contribution < 1.29 is 14.7 Å². The summed E-state index contributed by atoms with van der Waals surface area (Å²) in [7, 11) is 0. The van der Waals surface area contributed by atoms with E-state index < -0.39 is 5.97 Å². The zero-order valence-electron chi connectivity index (χ0n) is 11.0. The first-order chi connectivity index (χ1) is 9.94. The number of benzene rings is 2. The lowest BCUT2D eigenvalue weighted by Crippen LogP contribution is -2.12. The van der Waals surface area contributed by atoms with E-state index in [0.29, 0.717) is 27.5 Å². The molecule has 0 atom stereocenters. The van der Waals surface area contributed by atoms with Crippen LogP contribution >= 0.6 is 11.6 Å². The van der Waals surface area contributed by atoms with Crippen LogP contribution in [0, 0.1) is 0 Å². The highest BCUT2D eigenvalue weighted by atomic mass is 35.5.